The molecule has 1 N–H and O–H groups in total. The summed E-state index contributed by atoms with van der Waals surface area (Å²) in [5, 5.41) is 21.6. The van der Waals surface area contributed by atoms with E-state index in [1.807, 2.05) is 54.6 Å². The van der Waals surface area contributed by atoms with Crippen molar-refractivity contribution in [1.29, 1.82) is 0 Å². The van der Waals surface area contributed by atoms with Crippen molar-refractivity contribution >= 4 is 51.3 Å². The minimum Gasteiger partial charge on any atom is -0.503 e. The van der Waals surface area contributed by atoms with Crippen molar-refractivity contribution < 1.29 is 19.4 Å². The van der Waals surface area contributed by atoms with E-state index in [1.54, 1.807) is 17.5 Å². The molecule has 4 aromatic rings. The Morgan fingerprint density at radius 2 is 1.87 bits per heavy atom. The first-order chi connectivity index (χ1) is 18.6. The molecular weight excluding hydrogens is 539 g/mol. The summed E-state index contributed by atoms with van der Waals surface area (Å²) in [5.74, 6) is -0.213. The molecule has 0 aliphatic carbocycles. The molecule has 0 saturated heterocycles. The summed E-state index contributed by atoms with van der Waals surface area (Å²) in [7, 11) is 0. The lowest BCUT2D eigenvalue weighted by Gasteiger charge is -2.24. The average molecular weight is 564 g/mol. The highest BCUT2D eigenvalue weighted by Crippen LogP contribution is 2.44. The number of hydrogen-bond donors (Lipinski definition) is 1. The summed E-state index contributed by atoms with van der Waals surface area (Å²) in [4.78, 5) is 28.7. The second-order valence-corrected chi connectivity index (χ2v) is 11.7. The topological polar surface area (TPSA) is 92.6 Å². The van der Waals surface area contributed by atoms with E-state index in [2.05, 4.69) is 17.1 Å². The molecular formula is C28H25N3O4S3. The van der Waals surface area contributed by atoms with E-state index in [4.69, 9.17) is 4.74 Å². The lowest BCUT2D eigenvalue weighted by Crippen LogP contribution is -2.31. The Bertz CT molecular complexity index is 1430. The molecule has 0 bridgehead atoms. The number of aliphatic hydroxyl groups excluding tert-OH is 1. The number of thioether (sulfide) groups is 1. The van der Waals surface area contributed by atoms with Gasteiger partial charge in [0, 0.05) is 5.75 Å². The summed E-state index contributed by atoms with van der Waals surface area (Å²) < 4.78 is 6.48. The van der Waals surface area contributed by atoms with Crippen molar-refractivity contribution in [3.63, 3.8) is 0 Å². The van der Waals surface area contributed by atoms with E-state index in [-0.39, 0.29) is 11.4 Å². The monoisotopic (exact) mass is 563 g/mol. The summed E-state index contributed by atoms with van der Waals surface area (Å²) in [6.45, 7) is 2.71. The number of carbonyl (C=O) groups is 2. The zero-order valence-electron chi connectivity index (χ0n) is 20.6. The minimum absolute atomic E-state index is 0.0331. The number of unbranched alkanes of at least 4 members (excludes halogenated alkanes) is 1. The second kappa shape index (κ2) is 11.9. The van der Waals surface area contributed by atoms with Crippen molar-refractivity contribution in [3.05, 3.63) is 99.4 Å². The largest absolute Gasteiger partial charge is 0.503 e. The maximum atomic E-state index is 13.5. The lowest BCUT2D eigenvalue weighted by atomic mass is 9.95. The van der Waals surface area contributed by atoms with Gasteiger partial charge in [0.25, 0.3) is 5.91 Å². The Morgan fingerprint density at radius 1 is 1.08 bits per heavy atom. The van der Waals surface area contributed by atoms with Crippen molar-refractivity contribution in [2.24, 2.45) is 0 Å². The van der Waals surface area contributed by atoms with Gasteiger partial charge in [0.05, 0.1) is 23.1 Å². The molecule has 38 heavy (non-hydrogen) atoms. The maximum Gasteiger partial charge on any atom is 0.296 e. The predicted molar refractivity (Wildman–Crippen MR) is 151 cm³/mol. The van der Waals surface area contributed by atoms with Crippen LogP contribution in [0.5, 0.6) is 5.75 Å². The Hall–Kier alpha value is -3.47. The SMILES string of the molecule is CCCCOc1ccc(C2C(C(=O)c3cccs3)=C(O)C(=O)N2c2nnc(SCc3ccccc3)s2)cc1. The number of amides is 1. The van der Waals surface area contributed by atoms with Crippen LogP contribution in [0.1, 0.15) is 46.6 Å². The number of thiophene rings is 1. The zero-order valence-corrected chi connectivity index (χ0v) is 23.0. The fourth-order valence-corrected chi connectivity index (χ4v) is 6.55. The third kappa shape index (κ3) is 5.52. The second-order valence-electron chi connectivity index (χ2n) is 8.54. The predicted octanol–water partition coefficient (Wildman–Crippen LogP) is 6.85. The highest BCUT2D eigenvalue weighted by Gasteiger charge is 2.46. The van der Waals surface area contributed by atoms with Gasteiger partial charge in [-0.1, -0.05) is 85.0 Å². The van der Waals surface area contributed by atoms with Crippen LogP contribution in [-0.2, 0) is 10.5 Å². The van der Waals surface area contributed by atoms with Gasteiger partial charge >= 0.3 is 0 Å². The van der Waals surface area contributed by atoms with Crippen LogP contribution in [0.25, 0.3) is 0 Å². The summed E-state index contributed by atoms with van der Waals surface area (Å²) in [5.41, 5.74) is 1.85. The van der Waals surface area contributed by atoms with E-state index in [9.17, 15) is 14.7 Å². The van der Waals surface area contributed by atoms with Crippen molar-refractivity contribution in [1.82, 2.24) is 10.2 Å². The van der Waals surface area contributed by atoms with Gasteiger partial charge in [0.2, 0.25) is 10.9 Å². The van der Waals surface area contributed by atoms with Gasteiger partial charge in [0.15, 0.2) is 10.1 Å². The fourth-order valence-electron chi connectivity index (χ4n) is 4.05. The average Bonchev–Trinajstić information content (AvgIpc) is 3.69. The van der Waals surface area contributed by atoms with Crippen LogP contribution in [0.4, 0.5) is 5.13 Å². The van der Waals surface area contributed by atoms with E-state index in [1.165, 1.54) is 39.3 Å². The normalized spacial score (nSPS) is 15.3. The molecule has 7 nitrogen and oxygen atoms in total. The number of aromatic nitrogens is 2. The minimum atomic E-state index is -0.846. The van der Waals surface area contributed by atoms with E-state index in [0.29, 0.717) is 38.0 Å². The Balaban J connectivity index is 1.46. The molecule has 3 heterocycles. The molecule has 1 unspecified atom stereocenters. The molecule has 2 aromatic heterocycles. The van der Waals surface area contributed by atoms with Crippen molar-refractivity contribution in [2.75, 3.05) is 11.5 Å². The first kappa shape index (κ1) is 26.1. The number of ether oxygens (including phenoxy) is 1. The molecule has 2 aromatic carbocycles. The fraction of sp³-hybridized carbons (Fsp3) is 0.214. The number of rotatable bonds is 11. The van der Waals surface area contributed by atoms with Crippen LogP contribution in [0, 0.1) is 0 Å². The number of benzene rings is 2. The van der Waals surface area contributed by atoms with Crippen LogP contribution in [0.15, 0.2) is 87.8 Å². The molecule has 1 aliphatic heterocycles. The molecule has 10 heteroatoms. The first-order valence-electron chi connectivity index (χ1n) is 12.1. The number of ketones is 1. The molecule has 194 valence electrons. The molecule has 0 fully saturated rings. The molecule has 0 saturated carbocycles. The van der Waals surface area contributed by atoms with Crippen molar-refractivity contribution in [3.8, 4) is 5.75 Å². The number of Topliss-reactive ketones (excluding diaryl/α,β-unsaturated/α-hetero) is 1. The maximum absolute atomic E-state index is 13.5. The number of aliphatic hydroxyl groups is 1. The van der Waals surface area contributed by atoms with Gasteiger partial charge in [0.1, 0.15) is 5.75 Å². The van der Waals surface area contributed by atoms with Gasteiger partial charge in [-0.25, -0.2) is 0 Å². The van der Waals surface area contributed by atoms with Crippen LogP contribution in [0.2, 0.25) is 0 Å². The molecule has 1 aliphatic rings. The van der Waals surface area contributed by atoms with Crippen LogP contribution < -0.4 is 9.64 Å². The van der Waals surface area contributed by atoms with Gasteiger partial charge in [-0.05, 0) is 41.1 Å². The van der Waals surface area contributed by atoms with Gasteiger partial charge in [-0.2, -0.15) is 0 Å². The Kier molecular flexibility index (Phi) is 8.21. The summed E-state index contributed by atoms with van der Waals surface area (Å²) >= 11 is 4.04. The zero-order chi connectivity index (χ0) is 26.5. The van der Waals surface area contributed by atoms with Gasteiger partial charge in [-0.3, -0.25) is 14.5 Å². The highest BCUT2D eigenvalue weighted by atomic mass is 32.2. The smallest absolute Gasteiger partial charge is 0.296 e. The van der Waals surface area contributed by atoms with Crippen LogP contribution >= 0.6 is 34.4 Å². The van der Waals surface area contributed by atoms with Gasteiger partial charge in [-0.15, -0.1) is 21.5 Å². The number of hydrogen-bond acceptors (Lipinski definition) is 9. The van der Waals surface area contributed by atoms with Gasteiger partial charge < -0.3 is 9.84 Å². The Labute approximate surface area is 232 Å². The summed E-state index contributed by atoms with van der Waals surface area (Å²) in [6.07, 6.45) is 1.98. The van der Waals surface area contributed by atoms with Crippen LogP contribution in [-0.4, -0.2) is 33.6 Å². The summed E-state index contributed by atoms with van der Waals surface area (Å²) in [6, 6.07) is 19.9. The number of nitrogens with zero attached hydrogens (tertiary/aromatic N) is 3. The highest BCUT2D eigenvalue weighted by molar-refractivity contribution is 8.00. The molecule has 1 atom stereocenters. The third-order valence-corrected chi connectivity index (χ3v) is 8.96. The molecule has 5 rings (SSSR count). The first-order valence-corrected chi connectivity index (χ1v) is 14.8. The van der Waals surface area contributed by atoms with Crippen molar-refractivity contribution in [2.45, 2.75) is 35.9 Å². The quantitative estimate of drug-likeness (QED) is 0.0923. The molecule has 1 amide bonds. The number of carbonyl (C=O) groups excluding carboxylic acids is 2. The van der Waals surface area contributed by atoms with E-state index >= 15 is 0 Å². The van der Waals surface area contributed by atoms with Crippen LogP contribution in [0.3, 0.4) is 0 Å². The van der Waals surface area contributed by atoms with E-state index < -0.39 is 17.7 Å². The third-order valence-electron chi connectivity index (χ3n) is 5.97. The lowest BCUT2D eigenvalue weighted by molar-refractivity contribution is -0.117. The Morgan fingerprint density at radius 3 is 2.58 bits per heavy atom. The molecule has 0 radical (unpaired) electrons. The van der Waals surface area contributed by atoms with E-state index in [0.717, 1.165) is 18.4 Å². The number of anilines is 1. The standard InChI is InChI=1S/C28H25N3O4S3/c1-2-3-15-35-20-13-11-19(12-14-20)23-22(24(32)21-10-7-16-36-21)25(33)26(34)31(23)27-29-30-28(38-27)37-17-18-8-5-4-6-9-18/h4-14,16,23,33H,2-3,15,17H2,1H3. The molecule has 0 spiro atoms.